The van der Waals surface area contributed by atoms with Crippen LogP contribution in [-0.4, -0.2) is 29.3 Å². The number of fused-ring (bicyclic) bond motifs is 6. The molecule has 8 rings (SSSR count). The Labute approximate surface area is 224 Å². The van der Waals surface area contributed by atoms with Crippen LogP contribution in [0.4, 0.5) is 5.69 Å². The van der Waals surface area contributed by atoms with E-state index in [0.29, 0.717) is 23.3 Å². The Morgan fingerprint density at radius 2 is 1.42 bits per heavy atom. The Balaban J connectivity index is 1.21. The number of hydrogen-bond donors (Lipinski definition) is 2. The van der Waals surface area contributed by atoms with Crippen molar-refractivity contribution in [3.8, 4) is 0 Å². The molecule has 38 heavy (non-hydrogen) atoms. The van der Waals surface area contributed by atoms with Gasteiger partial charge in [-0.15, -0.1) is 0 Å². The van der Waals surface area contributed by atoms with Gasteiger partial charge in [-0.1, -0.05) is 66.7 Å². The number of likely N-dealkylation sites (tertiary alicyclic amines) is 1. The molecule has 0 unspecified atom stereocenters. The van der Waals surface area contributed by atoms with E-state index in [-0.39, 0.29) is 35.9 Å². The lowest BCUT2D eigenvalue weighted by atomic mass is 9.61. The molecule has 5 nitrogen and oxygen atoms in total. The van der Waals surface area contributed by atoms with Crippen molar-refractivity contribution >= 4 is 17.5 Å². The zero-order valence-corrected chi connectivity index (χ0v) is 21.6. The largest absolute Gasteiger partial charge is 0.378 e. The molecule has 2 heterocycles. The van der Waals surface area contributed by atoms with Gasteiger partial charge in [0.2, 0.25) is 5.91 Å². The molecule has 2 bridgehead atoms. The van der Waals surface area contributed by atoms with Gasteiger partial charge in [0, 0.05) is 29.8 Å². The lowest BCUT2D eigenvalue weighted by Crippen LogP contribution is -2.58. The molecule has 3 aromatic rings. The highest BCUT2D eigenvalue weighted by Gasteiger charge is 2.53. The molecule has 2 aliphatic heterocycles. The van der Waals surface area contributed by atoms with Gasteiger partial charge >= 0.3 is 0 Å². The summed E-state index contributed by atoms with van der Waals surface area (Å²) in [6.45, 7) is 0.765. The molecule has 4 fully saturated rings. The van der Waals surface area contributed by atoms with E-state index >= 15 is 0 Å². The first-order valence-corrected chi connectivity index (χ1v) is 14.3. The SMILES string of the molecule is O=C(N[C@@H]1C2CCC(CC2)[C@H]1C(=O)N1CC[C@@H]2[C@@H](c3ccccc3)Nc3ccccc3[C@H]21)c1ccccc1. The predicted molar refractivity (Wildman–Crippen MR) is 148 cm³/mol. The van der Waals surface area contributed by atoms with Crippen molar-refractivity contribution < 1.29 is 9.59 Å². The topological polar surface area (TPSA) is 61.4 Å². The van der Waals surface area contributed by atoms with Gasteiger partial charge < -0.3 is 15.5 Å². The maximum atomic E-state index is 14.6. The quantitative estimate of drug-likeness (QED) is 0.459. The van der Waals surface area contributed by atoms with E-state index in [4.69, 9.17) is 0 Å². The number of anilines is 1. The summed E-state index contributed by atoms with van der Waals surface area (Å²) in [5.74, 6) is 1.07. The molecule has 5 aliphatic rings. The zero-order valence-electron chi connectivity index (χ0n) is 21.6. The van der Waals surface area contributed by atoms with Crippen molar-refractivity contribution in [2.45, 2.75) is 50.2 Å². The Hall–Kier alpha value is -3.60. The van der Waals surface area contributed by atoms with Crippen molar-refractivity contribution in [2.75, 3.05) is 11.9 Å². The summed E-state index contributed by atoms with van der Waals surface area (Å²) in [5, 5.41) is 7.16. The summed E-state index contributed by atoms with van der Waals surface area (Å²) in [4.78, 5) is 30.0. The molecular formula is C33H35N3O2. The highest BCUT2D eigenvalue weighted by atomic mass is 16.2. The highest BCUT2D eigenvalue weighted by Crippen LogP contribution is 2.53. The number of nitrogens with zero attached hydrogens (tertiary/aromatic N) is 1. The number of amides is 2. The third-order valence-electron chi connectivity index (χ3n) is 9.74. The van der Waals surface area contributed by atoms with Crippen LogP contribution in [0.3, 0.4) is 0 Å². The van der Waals surface area contributed by atoms with Crippen LogP contribution >= 0.6 is 0 Å². The van der Waals surface area contributed by atoms with Gasteiger partial charge in [0.1, 0.15) is 0 Å². The highest BCUT2D eigenvalue weighted by molar-refractivity contribution is 5.95. The molecule has 0 aromatic heterocycles. The number of carbonyl (C=O) groups excluding carboxylic acids is 2. The van der Waals surface area contributed by atoms with Crippen molar-refractivity contribution in [1.82, 2.24) is 10.2 Å². The maximum absolute atomic E-state index is 14.6. The van der Waals surface area contributed by atoms with Gasteiger partial charge in [-0.2, -0.15) is 0 Å². The van der Waals surface area contributed by atoms with E-state index in [2.05, 4.69) is 70.1 Å². The lowest BCUT2D eigenvalue weighted by Gasteiger charge is -2.50. The van der Waals surface area contributed by atoms with E-state index in [0.717, 1.165) is 44.3 Å². The van der Waals surface area contributed by atoms with Crippen molar-refractivity contribution in [3.63, 3.8) is 0 Å². The van der Waals surface area contributed by atoms with E-state index in [1.54, 1.807) is 0 Å². The van der Waals surface area contributed by atoms with Crippen molar-refractivity contribution in [1.29, 1.82) is 0 Å². The molecule has 2 amide bonds. The first kappa shape index (κ1) is 23.5. The fourth-order valence-electron chi connectivity index (χ4n) is 7.99. The van der Waals surface area contributed by atoms with Crippen LogP contribution < -0.4 is 10.6 Å². The monoisotopic (exact) mass is 505 g/mol. The van der Waals surface area contributed by atoms with E-state index < -0.39 is 0 Å². The van der Waals surface area contributed by atoms with Gasteiger partial charge in [-0.05, 0) is 73.3 Å². The molecule has 194 valence electrons. The fraction of sp³-hybridized carbons (Fsp3) is 0.394. The van der Waals surface area contributed by atoms with E-state index in [1.165, 1.54) is 11.1 Å². The second kappa shape index (κ2) is 9.61. The molecule has 2 N–H and O–H groups in total. The van der Waals surface area contributed by atoms with Gasteiger partial charge in [0.05, 0.1) is 18.0 Å². The zero-order chi connectivity index (χ0) is 25.6. The number of rotatable bonds is 4. The van der Waals surface area contributed by atoms with Crippen LogP contribution in [0.2, 0.25) is 0 Å². The number of para-hydroxylation sites is 1. The van der Waals surface area contributed by atoms with Crippen molar-refractivity contribution in [2.24, 2.45) is 23.7 Å². The minimum absolute atomic E-state index is 0.0519. The Kier molecular flexibility index (Phi) is 5.95. The van der Waals surface area contributed by atoms with Crippen LogP contribution in [0.15, 0.2) is 84.9 Å². The molecule has 5 atom stereocenters. The minimum atomic E-state index is -0.147. The standard InChI is InChI=1S/C33H35N3O2/c37-32(24-11-5-2-6-12-24)35-30-23-17-15-21(16-18-23)28(30)33(38)36-20-19-26-29(22-9-3-1-4-10-22)34-27-14-8-7-13-25(27)31(26)36/h1-14,21,23,26,28-31,34H,15-20H2,(H,35,37)/t21?,23?,26-,28-,29-,30-,31-/m1/s1. The van der Waals surface area contributed by atoms with E-state index in [1.807, 2.05) is 30.3 Å². The third-order valence-corrected chi connectivity index (χ3v) is 9.74. The second-order valence-corrected chi connectivity index (χ2v) is 11.6. The molecule has 5 heteroatoms. The van der Waals surface area contributed by atoms with Crippen LogP contribution in [0.5, 0.6) is 0 Å². The fourth-order valence-corrected chi connectivity index (χ4v) is 7.99. The summed E-state index contributed by atoms with van der Waals surface area (Å²) >= 11 is 0. The second-order valence-electron chi connectivity index (χ2n) is 11.6. The van der Waals surface area contributed by atoms with Crippen molar-refractivity contribution in [3.05, 3.63) is 102 Å². The molecule has 1 saturated heterocycles. The van der Waals surface area contributed by atoms with Gasteiger partial charge in [0.25, 0.3) is 5.91 Å². The number of carbonyl (C=O) groups is 2. The van der Waals surface area contributed by atoms with Crippen LogP contribution in [0.25, 0.3) is 0 Å². The molecule has 3 aromatic carbocycles. The summed E-state index contributed by atoms with van der Waals surface area (Å²) in [6.07, 6.45) is 5.35. The summed E-state index contributed by atoms with van der Waals surface area (Å²) in [5.41, 5.74) is 4.29. The molecular weight excluding hydrogens is 470 g/mol. The predicted octanol–water partition coefficient (Wildman–Crippen LogP) is 5.98. The Morgan fingerprint density at radius 3 is 2.18 bits per heavy atom. The van der Waals surface area contributed by atoms with Gasteiger partial charge in [0.15, 0.2) is 0 Å². The van der Waals surface area contributed by atoms with Gasteiger partial charge in [-0.3, -0.25) is 9.59 Å². The maximum Gasteiger partial charge on any atom is 0.251 e. The van der Waals surface area contributed by atoms with E-state index in [9.17, 15) is 9.59 Å². The molecule has 0 radical (unpaired) electrons. The van der Waals surface area contributed by atoms with Crippen LogP contribution in [-0.2, 0) is 4.79 Å². The molecule has 3 aliphatic carbocycles. The molecule has 3 saturated carbocycles. The van der Waals surface area contributed by atoms with Crippen LogP contribution in [0, 0.1) is 23.7 Å². The third kappa shape index (κ3) is 3.91. The summed E-state index contributed by atoms with van der Waals surface area (Å²) in [7, 11) is 0. The average molecular weight is 506 g/mol. The normalized spacial score (nSPS) is 31.2. The number of nitrogens with one attached hydrogen (secondary N) is 2. The first-order valence-electron chi connectivity index (χ1n) is 14.3. The minimum Gasteiger partial charge on any atom is -0.378 e. The van der Waals surface area contributed by atoms with Crippen LogP contribution in [0.1, 0.15) is 65.7 Å². The average Bonchev–Trinajstić information content (AvgIpc) is 3.43. The first-order chi connectivity index (χ1) is 18.7. The Morgan fingerprint density at radius 1 is 0.763 bits per heavy atom. The molecule has 0 spiro atoms. The Bertz CT molecular complexity index is 1320. The lowest BCUT2D eigenvalue weighted by molar-refractivity contribution is -0.144. The number of hydrogen-bond acceptors (Lipinski definition) is 3. The smallest absolute Gasteiger partial charge is 0.251 e. The summed E-state index contributed by atoms with van der Waals surface area (Å²) < 4.78 is 0. The number of benzene rings is 3. The summed E-state index contributed by atoms with van der Waals surface area (Å²) in [6, 6.07) is 28.7. The van der Waals surface area contributed by atoms with Gasteiger partial charge in [-0.25, -0.2) is 0 Å².